The zero-order chi connectivity index (χ0) is 18.5. The maximum Gasteiger partial charge on any atom is 0.118 e. The van der Waals surface area contributed by atoms with Gasteiger partial charge in [0.2, 0.25) is 0 Å². The van der Waals surface area contributed by atoms with Gasteiger partial charge in [-0.1, -0.05) is 13.8 Å². The number of aryl methyl sites for hydroxylation is 2. The average molecular weight is 348 g/mol. The van der Waals surface area contributed by atoms with Crippen LogP contribution < -0.4 is 9.47 Å². The van der Waals surface area contributed by atoms with E-state index in [0.29, 0.717) is 0 Å². The normalized spacial score (nSPS) is 10.6. The molecule has 1 aromatic heterocycles. The van der Waals surface area contributed by atoms with E-state index in [1.54, 1.807) is 14.2 Å². The summed E-state index contributed by atoms with van der Waals surface area (Å²) in [6.07, 6.45) is 1.64. The first-order chi connectivity index (χ1) is 12.7. The molecule has 0 spiro atoms. The fourth-order valence-corrected chi connectivity index (χ4v) is 2.96. The molecule has 0 aliphatic heterocycles. The molecule has 4 nitrogen and oxygen atoms in total. The topological polar surface area (TPSA) is 44.2 Å². The molecule has 0 aliphatic rings. The van der Waals surface area contributed by atoms with Gasteiger partial charge >= 0.3 is 0 Å². The Morgan fingerprint density at radius 3 is 1.23 bits per heavy atom. The molecule has 0 saturated heterocycles. The Balaban J connectivity index is 2.09. The van der Waals surface area contributed by atoms with Crippen molar-refractivity contribution in [1.82, 2.24) is 9.97 Å². The number of nitrogens with zero attached hydrogens (tertiary/aromatic N) is 2. The summed E-state index contributed by atoms with van der Waals surface area (Å²) in [4.78, 5) is 9.94. The number of hydrogen-bond donors (Lipinski definition) is 0. The molecule has 2 aromatic carbocycles. The molecule has 0 amide bonds. The summed E-state index contributed by atoms with van der Waals surface area (Å²) in [5.74, 6) is 1.68. The first-order valence-corrected chi connectivity index (χ1v) is 8.88. The second-order valence-electron chi connectivity index (χ2n) is 5.98. The van der Waals surface area contributed by atoms with Gasteiger partial charge in [-0.25, -0.2) is 9.97 Å². The van der Waals surface area contributed by atoms with Gasteiger partial charge in [-0.15, -0.1) is 0 Å². The quantitative estimate of drug-likeness (QED) is 0.632. The molecule has 1 heterocycles. The van der Waals surface area contributed by atoms with E-state index in [0.717, 1.165) is 58.2 Å². The molecule has 26 heavy (non-hydrogen) atoms. The van der Waals surface area contributed by atoms with Crippen LogP contribution in [-0.2, 0) is 12.8 Å². The summed E-state index contributed by atoms with van der Waals surface area (Å²) >= 11 is 0. The van der Waals surface area contributed by atoms with E-state index in [4.69, 9.17) is 19.4 Å². The lowest BCUT2D eigenvalue weighted by molar-refractivity contribution is 0.414. The highest BCUT2D eigenvalue weighted by Crippen LogP contribution is 2.29. The molecule has 0 radical (unpaired) electrons. The highest BCUT2D eigenvalue weighted by Gasteiger charge is 2.15. The predicted molar refractivity (Wildman–Crippen MR) is 105 cm³/mol. The zero-order valence-corrected chi connectivity index (χ0v) is 15.7. The van der Waals surface area contributed by atoms with Crippen molar-refractivity contribution >= 4 is 0 Å². The van der Waals surface area contributed by atoms with Crippen molar-refractivity contribution in [3.63, 3.8) is 0 Å². The number of ether oxygens (including phenoxy) is 2. The van der Waals surface area contributed by atoms with Crippen molar-refractivity contribution < 1.29 is 9.47 Å². The van der Waals surface area contributed by atoms with Crippen molar-refractivity contribution in [2.45, 2.75) is 26.7 Å². The van der Waals surface area contributed by atoms with E-state index < -0.39 is 0 Å². The number of benzene rings is 2. The summed E-state index contributed by atoms with van der Waals surface area (Å²) in [5, 5.41) is 0. The lowest BCUT2D eigenvalue weighted by Crippen LogP contribution is -2.04. The molecule has 0 bridgehead atoms. The molecule has 3 aromatic rings. The highest BCUT2D eigenvalue weighted by atomic mass is 16.5. The molecule has 0 atom stereocenters. The van der Waals surface area contributed by atoms with Crippen molar-refractivity contribution in [2.75, 3.05) is 14.2 Å². The Labute approximate surface area is 154 Å². The molecule has 0 aliphatic carbocycles. The standard InChI is InChI=1S/C22H24N2O2/c1-5-19-21(15-7-11-17(25-3)12-8-15)24-20(6-2)22(23-19)16-9-13-18(26-4)14-10-16/h7-14H,5-6H2,1-4H3. The van der Waals surface area contributed by atoms with Gasteiger partial charge in [0.05, 0.1) is 37.0 Å². The van der Waals surface area contributed by atoms with Crippen LogP contribution in [0.4, 0.5) is 0 Å². The Morgan fingerprint density at radius 1 is 0.615 bits per heavy atom. The van der Waals surface area contributed by atoms with E-state index in [2.05, 4.69) is 13.8 Å². The lowest BCUT2D eigenvalue weighted by atomic mass is 10.0. The molecule has 134 valence electrons. The third kappa shape index (κ3) is 3.54. The molecule has 0 saturated carbocycles. The smallest absolute Gasteiger partial charge is 0.118 e. The Kier molecular flexibility index (Phi) is 5.52. The van der Waals surface area contributed by atoms with Crippen LogP contribution in [0.2, 0.25) is 0 Å². The average Bonchev–Trinajstić information content (AvgIpc) is 2.73. The van der Waals surface area contributed by atoms with Gasteiger partial charge in [-0.05, 0) is 61.4 Å². The molecule has 0 fully saturated rings. The van der Waals surface area contributed by atoms with Crippen molar-refractivity contribution in [3.05, 3.63) is 59.9 Å². The third-order valence-corrected chi connectivity index (χ3v) is 4.44. The minimum absolute atomic E-state index is 0.821. The fourth-order valence-electron chi connectivity index (χ4n) is 2.96. The monoisotopic (exact) mass is 348 g/mol. The zero-order valence-electron chi connectivity index (χ0n) is 15.7. The van der Waals surface area contributed by atoms with Crippen LogP contribution in [0.15, 0.2) is 48.5 Å². The minimum atomic E-state index is 0.821. The molecule has 4 heteroatoms. The Morgan fingerprint density at radius 2 is 0.962 bits per heavy atom. The second-order valence-corrected chi connectivity index (χ2v) is 5.98. The van der Waals surface area contributed by atoms with Crippen molar-refractivity contribution in [1.29, 1.82) is 0 Å². The van der Waals surface area contributed by atoms with E-state index in [-0.39, 0.29) is 0 Å². The largest absolute Gasteiger partial charge is 0.497 e. The van der Waals surface area contributed by atoms with Gasteiger partial charge in [0, 0.05) is 11.1 Å². The van der Waals surface area contributed by atoms with Crippen LogP contribution in [0.3, 0.4) is 0 Å². The van der Waals surface area contributed by atoms with Gasteiger partial charge < -0.3 is 9.47 Å². The highest BCUT2D eigenvalue weighted by molar-refractivity contribution is 5.68. The Hall–Kier alpha value is -2.88. The van der Waals surface area contributed by atoms with Crippen LogP contribution in [0.1, 0.15) is 25.2 Å². The van der Waals surface area contributed by atoms with E-state index >= 15 is 0 Å². The maximum absolute atomic E-state index is 5.26. The fraction of sp³-hybridized carbons (Fsp3) is 0.273. The minimum Gasteiger partial charge on any atom is -0.497 e. The van der Waals surface area contributed by atoms with Crippen LogP contribution in [-0.4, -0.2) is 24.2 Å². The summed E-state index contributed by atoms with van der Waals surface area (Å²) in [7, 11) is 3.34. The molecule has 0 N–H and O–H groups in total. The number of methoxy groups -OCH3 is 2. The van der Waals surface area contributed by atoms with Crippen LogP contribution in [0, 0.1) is 0 Å². The van der Waals surface area contributed by atoms with Gasteiger partial charge in [0.15, 0.2) is 0 Å². The van der Waals surface area contributed by atoms with E-state index in [1.807, 2.05) is 48.5 Å². The number of aromatic nitrogens is 2. The summed E-state index contributed by atoms with van der Waals surface area (Å²) in [6.45, 7) is 4.22. The number of hydrogen-bond acceptors (Lipinski definition) is 4. The molecular formula is C22H24N2O2. The molecular weight excluding hydrogens is 324 g/mol. The van der Waals surface area contributed by atoms with Crippen molar-refractivity contribution in [3.8, 4) is 34.0 Å². The first-order valence-electron chi connectivity index (χ1n) is 8.88. The van der Waals surface area contributed by atoms with Gasteiger partial charge in [0.1, 0.15) is 11.5 Å². The van der Waals surface area contributed by atoms with E-state index in [9.17, 15) is 0 Å². The molecule has 0 unspecified atom stereocenters. The van der Waals surface area contributed by atoms with E-state index in [1.165, 1.54) is 0 Å². The number of rotatable bonds is 6. The van der Waals surface area contributed by atoms with Crippen LogP contribution in [0.5, 0.6) is 11.5 Å². The summed E-state index contributed by atoms with van der Waals surface area (Å²) in [6, 6.07) is 16.0. The Bertz CT molecular complexity index is 797. The van der Waals surface area contributed by atoms with Crippen LogP contribution >= 0.6 is 0 Å². The molecule has 3 rings (SSSR count). The predicted octanol–water partition coefficient (Wildman–Crippen LogP) is 4.95. The SMILES string of the molecule is CCc1nc(-c2ccc(OC)cc2)c(CC)nc1-c1ccc(OC)cc1. The van der Waals surface area contributed by atoms with Gasteiger partial charge in [-0.2, -0.15) is 0 Å². The first kappa shape index (κ1) is 17.9. The van der Waals surface area contributed by atoms with Crippen molar-refractivity contribution in [2.24, 2.45) is 0 Å². The van der Waals surface area contributed by atoms with Crippen LogP contribution in [0.25, 0.3) is 22.5 Å². The second kappa shape index (κ2) is 8.00. The third-order valence-electron chi connectivity index (χ3n) is 4.44. The summed E-state index contributed by atoms with van der Waals surface area (Å²) in [5.41, 5.74) is 6.02. The van der Waals surface area contributed by atoms with Gasteiger partial charge in [0.25, 0.3) is 0 Å². The summed E-state index contributed by atoms with van der Waals surface area (Å²) < 4.78 is 10.5. The lowest BCUT2D eigenvalue weighted by Gasteiger charge is -2.14. The van der Waals surface area contributed by atoms with Gasteiger partial charge in [-0.3, -0.25) is 0 Å². The maximum atomic E-state index is 5.26.